The van der Waals surface area contributed by atoms with Crippen LogP contribution in [0.1, 0.15) is 65.1 Å². The Hall–Kier alpha value is -0.760. The molecule has 98 valence electrons. The van der Waals surface area contributed by atoms with E-state index >= 15 is 0 Å². The zero-order chi connectivity index (χ0) is 12.6. The lowest BCUT2D eigenvalue weighted by molar-refractivity contribution is -0.0588. The second-order valence-electron chi connectivity index (χ2n) is 4.98. The van der Waals surface area contributed by atoms with Gasteiger partial charge >= 0.3 is 0 Å². The van der Waals surface area contributed by atoms with Gasteiger partial charge in [-0.15, -0.1) is 0 Å². The van der Waals surface area contributed by atoms with E-state index in [4.69, 9.17) is 9.15 Å². The van der Waals surface area contributed by atoms with E-state index in [1.165, 1.54) is 25.7 Å². The van der Waals surface area contributed by atoms with E-state index in [-0.39, 0.29) is 5.60 Å². The third-order valence-corrected chi connectivity index (χ3v) is 3.45. The number of unbranched alkanes of at least 4 members (excludes halogenated alkanes) is 3. The molecule has 0 radical (unpaired) electrons. The zero-order valence-electron chi connectivity index (χ0n) is 11.5. The summed E-state index contributed by atoms with van der Waals surface area (Å²) in [6.07, 6.45) is 9.09. The molecule has 1 unspecified atom stereocenters. The molecule has 2 nitrogen and oxygen atoms in total. The van der Waals surface area contributed by atoms with Crippen LogP contribution in [-0.2, 0) is 11.3 Å². The van der Waals surface area contributed by atoms with E-state index in [1.54, 1.807) is 6.26 Å². The maximum Gasteiger partial charge on any atom is 0.129 e. The summed E-state index contributed by atoms with van der Waals surface area (Å²) in [5.74, 6) is 0.915. The summed E-state index contributed by atoms with van der Waals surface area (Å²) in [7, 11) is 0. The fourth-order valence-corrected chi connectivity index (χ4v) is 1.92. The Kier molecular flexibility index (Phi) is 6.35. The molecule has 0 saturated carbocycles. The Morgan fingerprint density at radius 3 is 2.65 bits per heavy atom. The van der Waals surface area contributed by atoms with Crippen molar-refractivity contribution in [2.75, 3.05) is 0 Å². The monoisotopic (exact) mass is 238 g/mol. The number of hydrogen-bond acceptors (Lipinski definition) is 2. The predicted octanol–water partition coefficient (Wildman–Crippen LogP) is 4.94. The van der Waals surface area contributed by atoms with Crippen LogP contribution in [0.3, 0.4) is 0 Å². The Labute approximate surface area is 105 Å². The van der Waals surface area contributed by atoms with E-state index in [9.17, 15) is 0 Å². The summed E-state index contributed by atoms with van der Waals surface area (Å²) >= 11 is 0. The predicted molar refractivity (Wildman–Crippen MR) is 71.0 cm³/mol. The zero-order valence-corrected chi connectivity index (χ0v) is 11.5. The van der Waals surface area contributed by atoms with Crippen LogP contribution in [0, 0.1) is 0 Å². The standard InChI is InChI=1S/C15H26O2/c1-4-6-7-8-11-15(3,5-2)17-13-14-10-9-12-16-14/h9-10,12H,4-8,11,13H2,1-3H3. The van der Waals surface area contributed by atoms with Crippen molar-refractivity contribution in [3.8, 4) is 0 Å². The van der Waals surface area contributed by atoms with Crippen molar-refractivity contribution in [3.63, 3.8) is 0 Å². The highest BCUT2D eigenvalue weighted by atomic mass is 16.5. The van der Waals surface area contributed by atoms with Gasteiger partial charge in [0, 0.05) is 0 Å². The third-order valence-electron chi connectivity index (χ3n) is 3.45. The van der Waals surface area contributed by atoms with Gasteiger partial charge in [-0.1, -0.05) is 39.5 Å². The largest absolute Gasteiger partial charge is 0.467 e. The second-order valence-corrected chi connectivity index (χ2v) is 4.98. The molecule has 1 rings (SSSR count). The van der Waals surface area contributed by atoms with Crippen LogP contribution in [0.5, 0.6) is 0 Å². The molecule has 1 aromatic rings. The van der Waals surface area contributed by atoms with Gasteiger partial charge in [-0.2, -0.15) is 0 Å². The van der Waals surface area contributed by atoms with Crippen LogP contribution in [0.4, 0.5) is 0 Å². The maximum absolute atomic E-state index is 6.01. The van der Waals surface area contributed by atoms with Gasteiger partial charge < -0.3 is 9.15 Å². The average Bonchev–Trinajstić information content (AvgIpc) is 2.85. The van der Waals surface area contributed by atoms with Crippen molar-refractivity contribution in [2.24, 2.45) is 0 Å². The van der Waals surface area contributed by atoms with Crippen LogP contribution in [0.15, 0.2) is 22.8 Å². The highest BCUT2D eigenvalue weighted by Crippen LogP contribution is 2.24. The first-order valence-electron chi connectivity index (χ1n) is 6.86. The van der Waals surface area contributed by atoms with Crippen molar-refractivity contribution in [1.29, 1.82) is 0 Å². The number of ether oxygens (including phenoxy) is 1. The molecule has 2 heteroatoms. The average molecular weight is 238 g/mol. The van der Waals surface area contributed by atoms with Crippen molar-refractivity contribution in [2.45, 2.75) is 71.5 Å². The van der Waals surface area contributed by atoms with Gasteiger partial charge in [-0.3, -0.25) is 0 Å². The van der Waals surface area contributed by atoms with Gasteiger partial charge in [0.25, 0.3) is 0 Å². The van der Waals surface area contributed by atoms with E-state index in [2.05, 4.69) is 20.8 Å². The second kappa shape index (κ2) is 7.54. The minimum absolute atomic E-state index is 0.000527. The van der Waals surface area contributed by atoms with Crippen LogP contribution < -0.4 is 0 Å². The lowest BCUT2D eigenvalue weighted by atomic mass is 9.95. The molecule has 0 amide bonds. The van der Waals surface area contributed by atoms with Crippen LogP contribution in [0.2, 0.25) is 0 Å². The SMILES string of the molecule is CCCCCCC(C)(CC)OCc1ccco1. The molecule has 0 saturated heterocycles. The van der Waals surface area contributed by atoms with Crippen molar-refractivity contribution in [1.82, 2.24) is 0 Å². The summed E-state index contributed by atoms with van der Waals surface area (Å²) in [6.45, 7) is 7.24. The molecule has 0 aromatic carbocycles. The fraction of sp³-hybridized carbons (Fsp3) is 0.733. The lowest BCUT2D eigenvalue weighted by Crippen LogP contribution is -2.27. The Balaban J connectivity index is 2.29. The summed E-state index contributed by atoms with van der Waals surface area (Å²) in [5, 5.41) is 0. The Morgan fingerprint density at radius 1 is 1.24 bits per heavy atom. The fourth-order valence-electron chi connectivity index (χ4n) is 1.92. The first kappa shape index (κ1) is 14.3. The number of furan rings is 1. The minimum Gasteiger partial charge on any atom is -0.467 e. The Bertz CT molecular complexity index is 279. The first-order chi connectivity index (χ1) is 8.20. The number of hydrogen-bond donors (Lipinski definition) is 0. The lowest BCUT2D eigenvalue weighted by Gasteiger charge is -2.28. The van der Waals surface area contributed by atoms with Crippen molar-refractivity contribution in [3.05, 3.63) is 24.2 Å². The molecule has 1 aromatic heterocycles. The van der Waals surface area contributed by atoms with Crippen molar-refractivity contribution < 1.29 is 9.15 Å². The summed E-state index contributed by atoms with van der Waals surface area (Å²) < 4.78 is 11.3. The first-order valence-corrected chi connectivity index (χ1v) is 6.86. The molecule has 0 bridgehead atoms. The van der Waals surface area contributed by atoms with E-state index in [1.807, 2.05) is 12.1 Å². The molecular formula is C15H26O2. The molecular weight excluding hydrogens is 212 g/mol. The third kappa shape index (κ3) is 5.40. The topological polar surface area (TPSA) is 22.4 Å². The molecule has 0 fully saturated rings. The molecule has 0 N–H and O–H groups in total. The molecule has 17 heavy (non-hydrogen) atoms. The van der Waals surface area contributed by atoms with E-state index in [0.29, 0.717) is 6.61 Å². The number of rotatable bonds is 9. The van der Waals surface area contributed by atoms with Gasteiger partial charge in [0.15, 0.2) is 0 Å². The summed E-state index contributed by atoms with van der Waals surface area (Å²) in [5.41, 5.74) is 0.000527. The van der Waals surface area contributed by atoms with Crippen LogP contribution >= 0.6 is 0 Å². The van der Waals surface area contributed by atoms with Crippen LogP contribution in [-0.4, -0.2) is 5.60 Å². The summed E-state index contributed by atoms with van der Waals surface area (Å²) in [4.78, 5) is 0. The minimum atomic E-state index is 0.000527. The summed E-state index contributed by atoms with van der Waals surface area (Å²) in [6, 6.07) is 3.87. The van der Waals surface area contributed by atoms with Crippen LogP contribution in [0.25, 0.3) is 0 Å². The van der Waals surface area contributed by atoms with Crippen molar-refractivity contribution >= 4 is 0 Å². The van der Waals surface area contributed by atoms with E-state index in [0.717, 1.165) is 18.6 Å². The smallest absolute Gasteiger partial charge is 0.129 e. The molecule has 0 aliphatic carbocycles. The quantitative estimate of drug-likeness (QED) is 0.569. The molecule has 1 heterocycles. The normalized spacial score (nSPS) is 14.8. The van der Waals surface area contributed by atoms with E-state index < -0.39 is 0 Å². The van der Waals surface area contributed by atoms with Gasteiger partial charge in [0.2, 0.25) is 0 Å². The highest BCUT2D eigenvalue weighted by Gasteiger charge is 2.22. The maximum atomic E-state index is 6.01. The molecule has 1 atom stereocenters. The van der Waals surface area contributed by atoms with Gasteiger partial charge in [-0.05, 0) is 31.9 Å². The molecule has 0 aliphatic heterocycles. The van der Waals surface area contributed by atoms with Gasteiger partial charge in [0.1, 0.15) is 12.4 Å². The Morgan fingerprint density at radius 2 is 2.06 bits per heavy atom. The van der Waals surface area contributed by atoms with Gasteiger partial charge in [-0.25, -0.2) is 0 Å². The van der Waals surface area contributed by atoms with Gasteiger partial charge in [0.05, 0.1) is 11.9 Å². The molecule has 0 aliphatic rings. The molecule has 0 spiro atoms. The highest BCUT2D eigenvalue weighted by molar-refractivity contribution is 4.96.